The fourth-order valence-corrected chi connectivity index (χ4v) is 4.69. The van der Waals surface area contributed by atoms with E-state index in [1.54, 1.807) is 18.2 Å². The van der Waals surface area contributed by atoms with Crippen LogP contribution in [0.15, 0.2) is 50.2 Å². The first kappa shape index (κ1) is 22.8. The number of thiocarbonyl (C=S) groups is 1. The number of benzene rings is 2. The van der Waals surface area contributed by atoms with Crippen LogP contribution in [-0.2, 0) is 14.3 Å². The van der Waals surface area contributed by atoms with Gasteiger partial charge < -0.3 is 14.2 Å². The highest BCUT2D eigenvalue weighted by Crippen LogP contribution is 2.39. The Hall–Kier alpha value is -1.88. The summed E-state index contributed by atoms with van der Waals surface area (Å²) < 4.78 is 17.4. The van der Waals surface area contributed by atoms with Crippen LogP contribution in [0.4, 0.5) is 5.69 Å². The van der Waals surface area contributed by atoms with E-state index in [9.17, 15) is 9.59 Å². The Kier molecular flexibility index (Phi) is 7.56. The maximum Gasteiger partial charge on any atom is 0.343 e. The van der Waals surface area contributed by atoms with Crippen molar-refractivity contribution in [1.29, 1.82) is 0 Å². The average Bonchev–Trinajstić information content (AvgIpc) is 3.00. The van der Waals surface area contributed by atoms with Gasteiger partial charge in [0.05, 0.1) is 24.8 Å². The number of esters is 1. The van der Waals surface area contributed by atoms with E-state index in [-0.39, 0.29) is 12.5 Å². The smallest absolute Gasteiger partial charge is 0.343 e. The van der Waals surface area contributed by atoms with Gasteiger partial charge in [-0.15, -0.1) is 0 Å². The average molecular weight is 573 g/mol. The third kappa shape index (κ3) is 5.05. The number of hydrogen-bond donors (Lipinski definition) is 0. The minimum Gasteiger partial charge on any atom is -0.493 e. The molecule has 2 aromatic rings. The van der Waals surface area contributed by atoms with Crippen molar-refractivity contribution in [2.75, 3.05) is 25.7 Å². The summed E-state index contributed by atoms with van der Waals surface area (Å²) in [4.78, 5) is 26.3. The van der Waals surface area contributed by atoms with E-state index in [4.69, 9.17) is 21.7 Å². The molecule has 0 aromatic heterocycles. The molecule has 0 unspecified atom stereocenters. The summed E-state index contributed by atoms with van der Waals surface area (Å²) in [5.74, 6) is 0.0675. The normalized spacial score (nSPS) is 14.9. The molecule has 0 aliphatic carbocycles. The lowest BCUT2D eigenvalue weighted by molar-refractivity contribution is -0.142. The lowest BCUT2D eigenvalue weighted by Gasteiger charge is -2.14. The second kappa shape index (κ2) is 9.95. The molecule has 10 heteroatoms. The molecule has 2 aromatic carbocycles. The summed E-state index contributed by atoms with van der Waals surface area (Å²) in [6, 6.07) is 10.8. The highest BCUT2D eigenvalue weighted by molar-refractivity contribution is 9.10. The molecule has 1 heterocycles. The summed E-state index contributed by atoms with van der Waals surface area (Å²) in [5.41, 5.74) is 1.39. The molecule has 30 heavy (non-hydrogen) atoms. The number of methoxy groups -OCH3 is 2. The molecule has 1 saturated heterocycles. The second-order valence-electron chi connectivity index (χ2n) is 5.89. The van der Waals surface area contributed by atoms with Gasteiger partial charge in [-0.2, -0.15) is 0 Å². The van der Waals surface area contributed by atoms with Crippen molar-refractivity contribution >= 4 is 83.8 Å². The van der Waals surface area contributed by atoms with Crippen molar-refractivity contribution < 1.29 is 23.8 Å². The minimum absolute atomic E-state index is 0.208. The van der Waals surface area contributed by atoms with E-state index >= 15 is 0 Å². The molecular weight excluding hydrogens is 558 g/mol. The van der Waals surface area contributed by atoms with Crippen LogP contribution in [0.2, 0.25) is 0 Å². The van der Waals surface area contributed by atoms with Crippen LogP contribution in [0.25, 0.3) is 6.08 Å². The Balaban J connectivity index is 1.90. The minimum atomic E-state index is -0.506. The van der Waals surface area contributed by atoms with Gasteiger partial charge in [0, 0.05) is 8.95 Å². The van der Waals surface area contributed by atoms with Crippen LogP contribution in [0.1, 0.15) is 5.56 Å². The molecule has 3 rings (SSSR count). The first-order chi connectivity index (χ1) is 14.3. The van der Waals surface area contributed by atoms with Gasteiger partial charge in [0.25, 0.3) is 5.91 Å². The quantitative estimate of drug-likeness (QED) is 0.268. The zero-order valence-corrected chi connectivity index (χ0v) is 20.6. The summed E-state index contributed by atoms with van der Waals surface area (Å²) in [6.45, 7) is -0.246. The highest BCUT2D eigenvalue weighted by Gasteiger charge is 2.33. The standard InChI is InChI=1S/C20H15Br2NO5S2/c1-26-15-6-11(14(22)9-16(15)28-10-18(24)27-2)7-17-19(25)23(20(29)30-17)13-5-3-4-12(21)8-13/h3-9H,10H2,1-2H3/b17-7+. The summed E-state index contributed by atoms with van der Waals surface area (Å²) in [6.07, 6.45) is 1.73. The number of rotatable bonds is 6. The molecule has 1 aliphatic rings. The van der Waals surface area contributed by atoms with Gasteiger partial charge in [-0.25, -0.2) is 4.79 Å². The number of halogens is 2. The molecule has 1 aliphatic heterocycles. The van der Waals surface area contributed by atoms with Crippen LogP contribution in [0.3, 0.4) is 0 Å². The lowest BCUT2D eigenvalue weighted by Crippen LogP contribution is -2.27. The maximum atomic E-state index is 13.0. The fraction of sp³-hybridized carbons (Fsp3) is 0.150. The van der Waals surface area contributed by atoms with E-state index in [0.29, 0.717) is 36.4 Å². The van der Waals surface area contributed by atoms with Crippen LogP contribution in [0.5, 0.6) is 11.5 Å². The predicted octanol–water partition coefficient (Wildman–Crippen LogP) is 5.18. The molecule has 6 nitrogen and oxygen atoms in total. The zero-order valence-electron chi connectivity index (χ0n) is 15.8. The number of thioether (sulfide) groups is 1. The van der Waals surface area contributed by atoms with Gasteiger partial charge in [0.2, 0.25) is 0 Å². The van der Waals surface area contributed by atoms with Gasteiger partial charge in [-0.3, -0.25) is 9.69 Å². The van der Waals surface area contributed by atoms with Crippen LogP contribution >= 0.6 is 55.8 Å². The van der Waals surface area contributed by atoms with E-state index in [1.165, 1.54) is 30.9 Å². The number of ether oxygens (including phenoxy) is 3. The number of hydrogen-bond acceptors (Lipinski definition) is 7. The van der Waals surface area contributed by atoms with Crippen molar-refractivity contribution in [3.05, 3.63) is 55.8 Å². The fourth-order valence-electron chi connectivity index (χ4n) is 2.58. The van der Waals surface area contributed by atoms with Crippen molar-refractivity contribution in [1.82, 2.24) is 0 Å². The maximum absolute atomic E-state index is 13.0. The number of amides is 1. The van der Waals surface area contributed by atoms with E-state index in [0.717, 1.165) is 4.47 Å². The molecule has 1 amide bonds. The molecule has 0 bridgehead atoms. The van der Waals surface area contributed by atoms with Crippen LogP contribution in [0, 0.1) is 0 Å². The summed E-state index contributed by atoms with van der Waals surface area (Å²) in [5, 5.41) is 0. The largest absolute Gasteiger partial charge is 0.493 e. The van der Waals surface area contributed by atoms with Gasteiger partial charge in [0.15, 0.2) is 22.4 Å². The Labute approximate surface area is 199 Å². The third-order valence-corrected chi connectivity index (χ3v) is 6.49. The molecule has 1 fully saturated rings. The zero-order chi connectivity index (χ0) is 21.8. The van der Waals surface area contributed by atoms with E-state index in [2.05, 4.69) is 36.6 Å². The molecule has 156 valence electrons. The highest BCUT2D eigenvalue weighted by atomic mass is 79.9. The predicted molar refractivity (Wildman–Crippen MR) is 128 cm³/mol. The summed E-state index contributed by atoms with van der Waals surface area (Å²) >= 11 is 13.5. The Bertz CT molecular complexity index is 1060. The monoisotopic (exact) mass is 571 g/mol. The van der Waals surface area contributed by atoms with E-state index < -0.39 is 5.97 Å². The topological polar surface area (TPSA) is 65.1 Å². The third-order valence-electron chi connectivity index (χ3n) is 4.00. The van der Waals surface area contributed by atoms with Gasteiger partial charge in [-0.1, -0.05) is 61.9 Å². The first-order valence-electron chi connectivity index (χ1n) is 8.44. The van der Waals surface area contributed by atoms with Gasteiger partial charge >= 0.3 is 5.97 Å². The molecule has 0 spiro atoms. The Morgan fingerprint density at radius 3 is 2.63 bits per heavy atom. The molecule has 0 atom stereocenters. The number of nitrogens with zero attached hydrogens (tertiary/aromatic N) is 1. The SMILES string of the molecule is COC(=O)COc1cc(Br)c(/C=C2/SC(=S)N(c3cccc(Br)c3)C2=O)cc1OC. The lowest BCUT2D eigenvalue weighted by atomic mass is 10.1. The summed E-state index contributed by atoms with van der Waals surface area (Å²) in [7, 11) is 2.77. The van der Waals surface area contributed by atoms with Crippen molar-refractivity contribution in [3.63, 3.8) is 0 Å². The van der Waals surface area contributed by atoms with Crippen molar-refractivity contribution in [3.8, 4) is 11.5 Å². The van der Waals surface area contributed by atoms with Crippen molar-refractivity contribution in [2.45, 2.75) is 0 Å². The Morgan fingerprint density at radius 2 is 1.97 bits per heavy atom. The molecule has 0 N–H and O–H groups in total. The van der Waals surface area contributed by atoms with Crippen LogP contribution < -0.4 is 14.4 Å². The number of carbonyl (C=O) groups is 2. The van der Waals surface area contributed by atoms with E-state index in [1.807, 2.05) is 24.3 Å². The molecule has 0 saturated carbocycles. The molecule has 0 radical (unpaired) electrons. The second-order valence-corrected chi connectivity index (χ2v) is 9.33. The number of carbonyl (C=O) groups excluding carboxylic acids is 2. The first-order valence-corrected chi connectivity index (χ1v) is 11.3. The number of anilines is 1. The van der Waals surface area contributed by atoms with Crippen LogP contribution in [-0.4, -0.2) is 37.0 Å². The van der Waals surface area contributed by atoms with Gasteiger partial charge in [-0.05, 0) is 42.0 Å². The van der Waals surface area contributed by atoms with Crippen molar-refractivity contribution in [2.24, 2.45) is 0 Å². The molecular formula is C20H15Br2NO5S2. The Morgan fingerprint density at radius 1 is 1.20 bits per heavy atom. The van der Waals surface area contributed by atoms with Gasteiger partial charge in [0.1, 0.15) is 0 Å².